The molecular formula is C22H21NO6S. The number of nitrogens with zero attached hydrogens (tertiary/aromatic N) is 1. The lowest BCUT2D eigenvalue weighted by Gasteiger charge is -2.12. The van der Waals surface area contributed by atoms with E-state index in [1.165, 1.54) is 25.6 Å². The molecule has 8 heteroatoms. The molecule has 156 valence electrons. The van der Waals surface area contributed by atoms with Crippen LogP contribution in [0.1, 0.15) is 22.8 Å². The number of benzene rings is 2. The summed E-state index contributed by atoms with van der Waals surface area (Å²) in [4.78, 5) is 28.6. The van der Waals surface area contributed by atoms with Crippen LogP contribution in [0.5, 0.6) is 11.5 Å². The molecular weight excluding hydrogens is 406 g/mol. The third-order valence-electron chi connectivity index (χ3n) is 4.17. The van der Waals surface area contributed by atoms with E-state index in [-0.39, 0.29) is 13.2 Å². The number of carbonyl (C=O) groups is 2. The van der Waals surface area contributed by atoms with Crippen molar-refractivity contribution >= 4 is 44.6 Å². The van der Waals surface area contributed by atoms with Crippen molar-refractivity contribution in [3.8, 4) is 11.5 Å². The van der Waals surface area contributed by atoms with Gasteiger partial charge in [0.1, 0.15) is 10.6 Å². The molecule has 0 unspecified atom stereocenters. The van der Waals surface area contributed by atoms with Crippen LogP contribution in [0.15, 0.2) is 47.5 Å². The molecule has 1 heterocycles. The number of thiophene rings is 1. The van der Waals surface area contributed by atoms with E-state index in [0.29, 0.717) is 27.6 Å². The molecule has 0 radical (unpaired) electrons. The average molecular weight is 427 g/mol. The summed E-state index contributed by atoms with van der Waals surface area (Å²) < 4.78 is 21.7. The van der Waals surface area contributed by atoms with Crippen LogP contribution >= 0.6 is 11.3 Å². The van der Waals surface area contributed by atoms with Crippen molar-refractivity contribution in [2.24, 2.45) is 4.99 Å². The van der Waals surface area contributed by atoms with Crippen LogP contribution in [0, 0.1) is 0 Å². The fraction of sp³-hybridized carbons (Fsp3) is 0.227. The van der Waals surface area contributed by atoms with Gasteiger partial charge in [0.15, 0.2) is 18.1 Å². The van der Waals surface area contributed by atoms with Crippen molar-refractivity contribution in [3.63, 3.8) is 0 Å². The van der Waals surface area contributed by atoms with Gasteiger partial charge < -0.3 is 18.9 Å². The molecule has 0 saturated heterocycles. The molecule has 0 saturated carbocycles. The quantitative estimate of drug-likeness (QED) is 0.392. The molecule has 7 nitrogen and oxygen atoms in total. The van der Waals surface area contributed by atoms with Gasteiger partial charge in [0, 0.05) is 21.9 Å². The summed E-state index contributed by atoms with van der Waals surface area (Å²) in [6, 6.07) is 12.8. The van der Waals surface area contributed by atoms with Crippen LogP contribution in [0.2, 0.25) is 0 Å². The molecule has 3 aromatic rings. The van der Waals surface area contributed by atoms with Crippen LogP contribution < -0.4 is 9.47 Å². The fourth-order valence-electron chi connectivity index (χ4n) is 2.79. The highest BCUT2D eigenvalue weighted by molar-refractivity contribution is 7.23. The summed E-state index contributed by atoms with van der Waals surface area (Å²) in [5.74, 6) is -0.134. The number of ether oxygens (including phenoxy) is 4. The number of aliphatic imine (C=N–C) groups is 1. The first-order chi connectivity index (χ1) is 14.6. The van der Waals surface area contributed by atoms with Crippen LogP contribution in [0.25, 0.3) is 10.1 Å². The molecule has 2 aromatic carbocycles. The first kappa shape index (κ1) is 21.3. The van der Waals surface area contributed by atoms with Crippen molar-refractivity contribution in [2.75, 3.05) is 27.4 Å². The van der Waals surface area contributed by atoms with Gasteiger partial charge in [-0.15, -0.1) is 11.3 Å². The normalized spacial score (nSPS) is 10.9. The number of rotatable bonds is 8. The van der Waals surface area contributed by atoms with Crippen LogP contribution in [-0.2, 0) is 14.3 Å². The van der Waals surface area contributed by atoms with E-state index in [1.807, 2.05) is 24.3 Å². The Hall–Kier alpha value is -3.39. The second-order valence-electron chi connectivity index (χ2n) is 6.00. The topological polar surface area (TPSA) is 83.4 Å². The summed E-state index contributed by atoms with van der Waals surface area (Å²) in [5, 5.41) is 1.32. The molecule has 0 spiro atoms. The number of hydrogen-bond donors (Lipinski definition) is 0. The number of methoxy groups -OCH3 is 2. The molecule has 0 fully saturated rings. The maximum Gasteiger partial charge on any atom is 0.343 e. The van der Waals surface area contributed by atoms with E-state index in [2.05, 4.69) is 9.73 Å². The Morgan fingerprint density at radius 3 is 2.63 bits per heavy atom. The minimum absolute atomic E-state index is 0.269. The van der Waals surface area contributed by atoms with E-state index < -0.39 is 11.9 Å². The summed E-state index contributed by atoms with van der Waals surface area (Å²) in [6.45, 7) is 1.76. The minimum Gasteiger partial charge on any atom is -0.493 e. The van der Waals surface area contributed by atoms with Crippen molar-refractivity contribution in [1.29, 1.82) is 0 Å². The van der Waals surface area contributed by atoms with Crippen molar-refractivity contribution in [3.05, 3.63) is 53.6 Å². The highest BCUT2D eigenvalue weighted by Gasteiger charge is 2.20. The summed E-state index contributed by atoms with van der Waals surface area (Å²) in [7, 11) is 2.79. The van der Waals surface area contributed by atoms with Crippen molar-refractivity contribution in [2.45, 2.75) is 6.92 Å². The maximum atomic E-state index is 12.5. The van der Waals surface area contributed by atoms with Crippen LogP contribution in [-0.4, -0.2) is 45.6 Å². The Kier molecular flexibility index (Phi) is 7.03. The van der Waals surface area contributed by atoms with Crippen LogP contribution in [0.4, 0.5) is 5.00 Å². The third kappa shape index (κ3) is 4.60. The summed E-state index contributed by atoms with van der Waals surface area (Å²) in [6.07, 6.45) is 1.57. The Morgan fingerprint density at radius 1 is 1.10 bits per heavy atom. The zero-order valence-electron chi connectivity index (χ0n) is 16.8. The standard InChI is InChI=1S/C22H21NO6S/c1-4-28-22(25)19-15-9-5-6-11-17(15)30-21(19)23-12-14-8-7-10-16(26-2)20(14)29-13-18(24)27-3/h5-12H,4,13H2,1-3H3. The van der Waals surface area contributed by atoms with Crippen LogP contribution in [0.3, 0.4) is 0 Å². The molecule has 0 aliphatic rings. The van der Waals surface area contributed by atoms with Gasteiger partial charge in [-0.1, -0.05) is 24.3 Å². The number of para-hydroxylation sites is 1. The van der Waals surface area contributed by atoms with Gasteiger partial charge in [-0.25, -0.2) is 14.6 Å². The molecule has 0 bridgehead atoms. The predicted octanol–water partition coefficient (Wildman–Crippen LogP) is 4.39. The first-order valence-electron chi connectivity index (χ1n) is 9.18. The van der Waals surface area contributed by atoms with Crippen molar-refractivity contribution in [1.82, 2.24) is 0 Å². The summed E-state index contributed by atoms with van der Waals surface area (Å²) in [5.41, 5.74) is 1.01. The van der Waals surface area contributed by atoms with E-state index in [1.54, 1.807) is 31.3 Å². The minimum atomic E-state index is -0.516. The summed E-state index contributed by atoms with van der Waals surface area (Å²) >= 11 is 1.39. The van der Waals surface area contributed by atoms with E-state index >= 15 is 0 Å². The Balaban J connectivity index is 2.01. The second-order valence-corrected chi connectivity index (χ2v) is 7.03. The van der Waals surface area contributed by atoms with Crippen molar-refractivity contribution < 1.29 is 28.5 Å². The van der Waals surface area contributed by atoms with Gasteiger partial charge in [0.05, 0.1) is 20.8 Å². The molecule has 0 aliphatic heterocycles. The number of hydrogen-bond acceptors (Lipinski definition) is 8. The molecule has 3 rings (SSSR count). The lowest BCUT2D eigenvalue weighted by molar-refractivity contribution is -0.142. The van der Waals surface area contributed by atoms with Gasteiger partial charge in [0.25, 0.3) is 0 Å². The first-order valence-corrected chi connectivity index (χ1v) is 10.00. The average Bonchev–Trinajstić information content (AvgIpc) is 3.14. The zero-order chi connectivity index (χ0) is 21.5. The number of carbonyl (C=O) groups excluding carboxylic acids is 2. The molecule has 0 aliphatic carbocycles. The smallest absolute Gasteiger partial charge is 0.343 e. The molecule has 1 aromatic heterocycles. The lowest BCUT2D eigenvalue weighted by atomic mass is 10.1. The number of esters is 2. The highest BCUT2D eigenvalue weighted by Crippen LogP contribution is 2.38. The Bertz CT molecular complexity index is 1090. The predicted molar refractivity (Wildman–Crippen MR) is 116 cm³/mol. The molecule has 0 amide bonds. The van der Waals surface area contributed by atoms with E-state index in [9.17, 15) is 9.59 Å². The van der Waals surface area contributed by atoms with Gasteiger partial charge in [-0.3, -0.25) is 0 Å². The molecule has 30 heavy (non-hydrogen) atoms. The SMILES string of the molecule is CCOC(=O)c1c(N=Cc2cccc(OC)c2OCC(=O)OC)sc2ccccc12. The zero-order valence-corrected chi connectivity index (χ0v) is 17.7. The monoisotopic (exact) mass is 427 g/mol. The third-order valence-corrected chi connectivity index (χ3v) is 5.25. The number of fused-ring (bicyclic) bond motifs is 1. The molecule has 0 N–H and O–H groups in total. The van der Waals surface area contributed by atoms with E-state index in [4.69, 9.17) is 14.2 Å². The van der Waals surface area contributed by atoms with Gasteiger partial charge in [-0.2, -0.15) is 0 Å². The Morgan fingerprint density at radius 2 is 1.90 bits per heavy atom. The second kappa shape index (κ2) is 9.89. The largest absolute Gasteiger partial charge is 0.493 e. The van der Waals surface area contributed by atoms with Gasteiger partial charge >= 0.3 is 11.9 Å². The molecule has 0 atom stereocenters. The lowest BCUT2D eigenvalue weighted by Crippen LogP contribution is -2.13. The van der Waals surface area contributed by atoms with E-state index in [0.717, 1.165) is 10.1 Å². The maximum absolute atomic E-state index is 12.5. The Labute approximate surface area is 177 Å². The van der Waals surface area contributed by atoms with Gasteiger partial charge in [0.2, 0.25) is 0 Å². The van der Waals surface area contributed by atoms with Gasteiger partial charge in [-0.05, 0) is 25.1 Å². The highest BCUT2D eigenvalue weighted by atomic mass is 32.1. The fourth-order valence-corrected chi connectivity index (χ4v) is 3.83.